The molecule has 1 atom stereocenters. The second kappa shape index (κ2) is 7.82. The molecule has 5 heteroatoms. The molecule has 0 saturated heterocycles. The zero-order valence-corrected chi connectivity index (χ0v) is 15.1. The molecule has 0 spiro atoms. The van der Waals surface area contributed by atoms with E-state index < -0.39 is 0 Å². The van der Waals surface area contributed by atoms with E-state index in [1.807, 2.05) is 13.8 Å². The van der Waals surface area contributed by atoms with Gasteiger partial charge in [-0.3, -0.25) is 4.79 Å². The van der Waals surface area contributed by atoms with Gasteiger partial charge in [0, 0.05) is 18.9 Å². The molecule has 2 aromatic rings. The van der Waals surface area contributed by atoms with Crippen LogP contribution in [0.1, 0.15) is 27.0 Å². The first-order valence-electron chi connectivity index (χ1n) is 6.23. The van der Waals surface area contributed by atoms with Gasteiger partial charge in [0.2, 0.25) is 0 Å². The Hall–Kier alpha value is -0.283. The summed E-state index contributed by atoms with van der Waals surface area (Å²) in [5, 5.41) is 1.91. The molecule has 2 rings (SSSR count). The van der Waals surface area contributed by atoms with Crippen LogP contribution >= 0.6 is 31.8 Å². The van der Waals surface area contributed by atoms with Crippen molar-refractivity contribution in [2.24, 2.45) is 0 Å². The van der Waals surface area contributed by atoms with Gasteiger partial charge in [-0.2, -0.15) is 0 Å². The summed E-state index contributed by atoms with van der Waals surface area (Å²) < 4.78 is 0. The van der Waals surface area contributed by atoms with Crippen LogP contribution in [0.3, 0.4) is 0 Å². The summed E-state index contributed by atoms with van der Waals surface area (Å²) in [6.45, 7) is 6.12. The third kappa shape index (κ3) is 4.35. The molecule has 21 heavy (non-hydrogen) atoms. The topological polar surface area (TPSA) is 17.1 Å². The van der Waals surface area contributed by atoms with Gasteiger partial charge in [0.1, 0.15) is 0 Å². The predicted molar refractivity (Wildman–Crippen MR) is 95.1 cm³/mol. The van der Waals surface area contributed by atoms with Crippen molar-refractivity contribution in [2.45, 2.75) is 20.8 Å². The van der Waals surface area contributed by atoms with Gasteiger partial charge in [-0.25, -0.2) is 0 Å². The molecule has 2 aromatic carbocycles. The van der Waals surface area contributed by atoms with Crippen molar-refractivity contribution in [2.75, 3.05) is 0 Å². The van der Waals surface area contributed by atoms with Crippen LogP contribution in [0.2, 0.25) is 10.0 Å². The first-order valence-corrected chi connectivity index (χ1v) is 7.99. The van der Waals surface area contributed by atoms with Crippen LogP contribution in [-0.2, 0) is 0 Å². The third-order valence-electron chi connectivity index (χ3n) is 3.11. The molecule has 0 N–H and O–H groups in total. The van der Waals surface area contributed by atoms with E-state index in [4.69, 9.17) is 23.2 Å². The Bertz CT molecular complexity index is 643. The fraction of sp³-hybridized carbons (Fsp3) is 0.188. The number of carbonyl (C=O) groups is 1. The molecular weight excluding hydrogens is 317 g/mol. The number of benzene rings is 2. The van der Waals surface area contributed by atoms with Crippen molar-refractivity contribution < 1.29 is 4.79 Å². The smallest absolute Gasteiger partial charge is 0.188 e. The van der Waals surface area contributed by atoms with Crippen molar-refractivity contribution in [3.63, 3.8) is 0 Å². The SMILES string of the molecule is Cc1cc(C)c(PC(=O)c2c(Cl)cccc2Cl)c(C)c1.[Li]. The van der Waals surface area contributed by atoms with Gasteiger partial charge in [-0.05, 0) is 57.9 Å². The monoisotopic (exact) mass is 331 g/mol. The fourth-order valence-corrected chi connectivity index (χ4v) is 4.16. The standard InChI is InChI=1S/C16H15Cl2OP.Li/c1-9-7-10(2)15(11(3)8-9)20-16(19)14-12(17)5-4-6-13(14)18;/h4-8,20H,1-3H3;. The molecule has 0 aliphatic rings. The fourth-order valence-electron chi connectivity index (χ4n) is 2.27. The van der Waals surface area contributed by atoms with E-state index in [-0.39, 0.29) is 33.0 Å². The number of rotatable bonds is 3. The molecule has 1 unspecified atom stereocenters. The maximum absolute atomic E-state index is 12.5. The maximum Gasteiger partial charge on any atom is 0.188 e. The second-order valence-corrected chi connectivity index (χ2v) is 6.84. The maximum atomic E-state index is 12.5. The summed E-state index contributed by atoms with van der Waals surface area (Å²) in [6.07, 6.45) is 0. The summed E-state index contributed by atoms with van der Waals surface area (Å²) >= 11 is 12.2. The van der Waals surface area contributed by atoms with Crippen LogP contribution in [0.25, 0.3) is 0 Å². The number of carbonyl (C=O) groups excluding carboxylic acids is 1. The summed E-state index contributed by atoms with van der Waals surface area (Å²) in [5.41, 5.74) is 3.88. The Morgan fingerprint density at radius 2 is 1.48 bits per heavy atom. The molecule has 0 saturated carbocycles. The normalized spacial score (nSPS) is 10.7. The van der Waals surface area contributed by atoms with E-state index in [1.165, 1.54) is 5.56 Å². The summed E-state index contributed by atoms with van der Waals surface area (Å²) in [4.78, 5) is 12.5. The van der Waals surface area contributed by atoms with E-state index in [9.17, 15) is 4.79 Å². The predicted octanol–water partition coefficient (Wildman–Crippen LogP) is 4.68. The molecule has 0 aliphatic heterocycles. The van der Waals surface area contributed by atoms with Crippen molar-refractivity contribution in [3.05, 3.63) is 62.6 Å². The van der Waals surface area contributed by atoms with Crippen LogP contribution in [0.4, 0.5) is 0 Å². The van der Waals surface area contributed by atoms with Crippen LogP contribution in [0.5, 0.6) is 0 Å². The van der Waals surface area contributed by atoms with Crippen LogP contribution in [0, 0.1) is 20.8 Å². The first kappa shape index (κ1) is 18.8. The van der Waals surface area contributed by atoms with E-state index in [1.54, 1.807) is 18.2 Å². The molecule has 0 amide bonds. The zero-order chi connectivity index (χ0) is 14.9. The van der Waals surface area contributed by atoms with Crippen LogP contribution in [0.15, 0.2) is 30.3 Å². The first-order chi connectivity index (χ1) is 9.40. The molecular formula is C16H15Cl2LiOP. The Morgan fingerprint density at radius 1 is 1.00 bits per heavy atom. The minimum absolute atomic E-state index is 0. The van der Waals surface area contributed by atoms with Gasteiger partial charge in [0.05, 0.1) is 15.6 Å². The molecule has 1 nitrogen and oxygen atoms in total. The van der Waals surface area contributed by atoms with E-state index >= 15 is 0 Å². The minimum atomic E-state index is -0.0179. The summed E-state index contributed by atoms with van der Waals surface area (Å²) in [7, 11) is 0.0347. The molecule has 0 fully saturated rings. The Balaban J connectivity index is 0.00000220. The Labute approximate surface area is 149 Å². The minimum Gasteiger partial charge on any atom is -0.289 e. The second-order valence-electron chi connectivity index (χ2n) is 4.82. The van der Waals surface area contributed by atoms with E-state index in [2.05, 4.69) is 19.1 Å². The summed E-state index contributed by atoms with van der Waals surface area (Å²) in [5.74, 6) is 0. The van der Waals surface area contributed by atoms with Crippen LogP contribution < -0.4 is 5.30 Å². The molecule has 0 aromatic heterocycles. The molecule has 1 radical (unpaired) electrons. The molecule has 0 bridgehead atoms. The van der Waals surface area contributed by atoms with Gasteiger partial charge in [0.25, 0.3) is 0 Å². The molecule has 0 aliphatic carbocycles. The van der Waals surface area contributed by atoms with Gasteiger partial charge in [-0.1, -0.05) is 47.0 Å². The van der Waals surface area contributed by atoms with E-state index in [0.717, 1.165) is 16.4 Å². The zero-order valence-electron chi connectivity index (χ0n) is 12.6. The van der Waals surface area contributed by atoms with Crippen LogP contribution in [-0.4, -0.2) is 24.4 Å². The Kier molecular flexibility index (Phi) is 6.99. The third-order valence-corrected chi connectivity index (χ3v) is 5.25. The number of hydrogen-bond donors (Lipinski definition) is 0. The van der Waals surface area contributed by atoms with Crippen molar-refractivity contribution in [1.29, 1.82) is 0 Å². The number of hydrogen-bond acceptors (Lipinski definition) is 1. The van der Waals surface area contributed by atoms with Crippen molar-refractivity contribution in [3.8, 4) is 0 Å². The van der Waals surface area contributed by atoms with Gasteiger partial charge >= 0.3 is 0 Å². The quantitative estimate of drug-likeness (QED) is 0.589. The largest absolute Gasteiger partial charge is 0.289 e. The van der Waals surface area contributed by atoms with Gasteiger partial charge < -0.3 is 0 Å². The average molecular weight is 332 g/mol. The summed E-state index contributed by atoms with van der Waals surface area (Å²) in [6, 6.07) is 9.32. The Morgan fingerprint density at radius 3 is 1.95 bits per heavy atom. The molecule has 105 valence electrons. The van der Waals surface area contributed by atoms with Gasteiger partial charge in [0.15, 0.2) is 5.52 Å². The van der Waals surface area contributed by atoms with Crippen molar-refractivity contribution >= 4 is 61.5 Å². The molecule has 0 heterocycles. The van der Waals surface area contributed by atoms with Gasteiger partial charge in [-0.15, -0.1) is 0 Å². The van der Waals surface area contributed by atoms with E-state index in [0.29, 0.717) is 15.6 Å². The number of halogens is 2. The average Bonchev–Trinajstić information content (AvgIpc) is 2.33. The number of aryl methyl sites for hydroxylation is 3. The van der Waals surface area contributed by atoms with Crippen molar-refractivity contribution in [1.82, 2.24) is 0 Å².